The average molecular weight is 221 g/mol. The summed E-state index contributed by atoms with van der Waals surface area (Å²) in [6.45, 7) is 4.13. The summed E-state index contributed by atoms with van der Waals surface area (Å²) < 4.78 is 5.15. The predicted octanol–water partition coefficient (Wildman–Crippen LogP) is 3.52. The minimum absolute atomic E-state index is 0.0440. The second-order valence-corrected chi connectivity index (χ2v) is 3.97. The number of carbonyl (C=O) groups excluding carboxylic acids is 1. The van der Waals surface area contributed by atoms with Crippen molar-refractivity contribution in [2.75, 3.05) is 5.88 Å². The van der Waals surface area contributed by atoms with Crippen molar-refractivity contribution in [1.29, 1.82) is 0 Å². The first-order valence-corrected chi connectivity index (χ1v) is 5.99. The number of carbonyl (C=O) groups is 1. The summed E-state index contributed by atoms with van der Waals surface area (Å²) in [5.41, 5.74) is 0. The van der Waals surface area contributed by atoms with Crippen LogP contribution < -0.4 is 0 Å². The molecule has 1 atom stereocenters. The third-order valence-electron chi connectivity index (χ3n) is 2.10. The van der Waals surface area contributed by atoms with Gasteiger partial charge in [0.05, 0.1) is 12.5 Å². The Hall–Kier alpha value is -0.240. The summed E-state index contributed by atoms with van der Waals surface area (Å²) in [5, 5.41) is 0. The maximum Gasteiger partial charge on any atom is 0.307 e. The second-order valence-electron chi connectivity index (χ2n) is 3.59. The lowest BCUT2D eigenvalue weighted by molar-refractivity contribution is -0.148. The van der Waals surface area contributed by atoms with E-state index in [1.54, 1.807) is 0 Å². The van der Waals surface area contributed by atoms with E-state index in [0.717, 1.165) is 12.8 Å². The topological polar surface area (TPSA) is 26.3 Å². The molecule has 2 nitrogen and oxygen atoms in total. The summed E-state index contributed by atoms with van der Waals surface area (Å²) in [4.78, 5) is 11.0. The molecule has 3 heteroatoms. The van der Waals surface area contributed by atoms with Crippen LogP contribution in [0.4, 0.5) is 0 Å². The molecule has 0 spiro atoms. The number of ether oxygens (including phenoxy) is 1. The van der Waals surface area contributed by atoms with Gasteiger partial charge < -0.3 is 4.74 Å². The Labute approximate surface area is 92.0 Å². The van der Waals surface area contributed by atoms with Gasteiger partial charge in [0.2, 0.25) is 0 Å². The fourth-order valence-electron chi connectivity index (χ4n) is 1.28. The molecule has 0 aliphatic rings. The van der Waals surface area contributed by atoms with Crippen molar-refractivity contribution in [3.63, 3.8) is 0 Å². The minimum Gasteiger partial charge on any atom is -0.463 e. The fourth-order valence-corrected chi connectivity index (χ4v) is 1.43. The fraction of sp³-hybridized carbons (Fsp3) is 0.909. The van der Waals surface area contributed by atoms with Gasteiger partial charge in [0, 0.05) is 5.88 Å². The van der Waals surface area contributed by atoms with E-state index < -0.39 is 0 Å². The lowest BCUT2D eigenvalue weighted by Crippen LogP contribution is -2.14. The van der Waals surface area contributed by atoms with Crippen LogP contribution in [0.3, 0.4) is 0 Å². The van der Waals surface area contributed by atoms with Crippen molar-refractivity contribution in [2.45, 2.75) is 58.5 Å². The van der Waals surface area contributed by atoms with Crippen molar-refractivity contribution < 1.29 is 9.53 Å². The van der Waals surface area contributed by atoms with Crippen LogP contribution in [-0.2, 0) is 9.53 Å². The highest BCUT2D eigenvalue weighted by molar-refractivity contribution is 6.18. The largest absolute Gasteiger partial charge is 0.463 e. The maximum absolute atomic E-state index is 11.0. The van der Waals surface area contributed by atoms with E-state index in [1.165, 1.54) is 19.3 Å². The zero-order valence-corrected chi connectivity index (χ0v) is 9.98. The molecule has 0 saturated heterocycles. The number of alkyl halides is 1. The Bertz CT molecular complexity index is 148. The van der Waals surface area contributed by atoms with E-state index in [-0.39, 0.29) is 12.1 Å². The van der Waals surface area contributed by atoms with Gasteiger partial charge in [-0.3, -0.25) is 4.79 Å². The smallest absolute Gasteiger partial charge is 0.307 e. The lowest BCUT2D eigenvalue weighted by Gasteiger charge is -2.12. The second kappa shape index (κ2) is 9.32. The molecule has 0 bridgehead atoms. The van der Waals surface area contributed by atoms with Gasteiger partial charge in [-0.15, -0.1) is 11.6 Å². The van der Waals surface area contributed by atoms with Crippen LogP contribution in [0.25, 0.3) is 0 Å². The summed E-state index contributed by atoms with van der Waals surface area (Å²) in [6, 6.07) is 0. The van der Waals surface area contributed by atoms with Crippen LogP contribution in [0.5, 0.6) is 0 Å². The molecule has 0 aliphatic heterocycles. The van der Waals surface area contributed by atoms with Crippen molar-refractivity contribution >= 4 is 17.6 Å². The number of rotatable bonds is 8. The Morgan fingerprint density at radius 2 is 2.07 bits per heavy atom. The normalized spacial score (nSPS) is 12.5. The van der Waals surface area contributed by atoms with Gasteiger partial charge in [0.25, 0.3) is 0 Å². The van der Waals surface area contributed by atoms with E-state index in [0.29, 0.717) is 12.3 Å². The molecule has 0 radical (unpaired) electrons. The van der Waals surface area contributed by atoms with Gasteiger partial charge in [-0.1, -0.05) is 26.2 Å². The highest BCUT2D eigenvalue weighted by Crippen LogP contribution is 2.08. The zero-order valence-electron chi connectivity index (χ0n) is 9.22. The highest BCUT2D eigenvalue weighted by Gasteiger charge is 2.07. The van der Waals surface area contributed by atoms with Gasteiger partial charge in [0.15, 0.2) is 0 Å². The molecule has 1 unspecified atom stereocenters. The summed E-state index contributed by atoms with van der Waals surface area (Å²) in [5.74, 6) is 0.171. The predicted molar refractivity (Wildman–Crippen MR) is 59.7 cm³/mol. The molecule has 0 aromatic heterocycles. The quantitative estimate of drug-likeness (QED) is 0.356. The van der Waals surface area contributed by atoms with Crippen molar-refractivity contribution in [1.82, 2.24) is 0 Å². The Morgan fingerprint density at radius 1 is 1.36 bits per heavy atom. The molecule has 0 saturated carbocycles. The number of unbranched alkanes of at least 4 members (excludes halogenated alkanes) is 3. The first-order chi connectivity index (χ1) is 6.70. The molecule has 0 aliphatic carbocycles. The van der Waals surface area contributed by atoms with Crippen LogP contribution >= 0.6 is 11.6 Å². The van der Waals surface area contributed by atoms with Crippen molar-refractivity contribution in [3.05, 3.63) is 0 Å². The van der Waals surface area contributed by atoms with Gasteiger partial charge in [-0.05, 0) is 19.8 Å². The van der Waals surface area contributed by atoms with Gasteiger partial charge in [-0.25, -0.2) is 0 Å². The van der Waals surface area contributed by atoms with E-state index in [1.807, 2.05) is 6.92 Å². The third kappa shape index (κ3) is 8.36. The number of hydrogen-bond acceptors (Lipinski definition) is 2. The monoisotopic (exact) mass is 220 g/mol. The molecule has 0 aromatic rings. The van der Waals surface area contributed by atoms with E-state index >= 15 is 0 Å². The molecular weight excluding hydrogens is 200 g/mol. The average Bonchev–Trinajstić information content (AvgIpc) is 2.13. The number of halogens is 1. The van der Waals surface area contributed by atoms with Crippen molar-refractivity contribution in [3.8, 4) is 0 Å². The molecule has 0 rings (SSSR count). The van der Waals surface area contributed by atoms with Crippen LogP contribution in [0.2, 0.25) is 0 Å². The molecule has 0 aromatic carbocycles. The third-order valence-corrected chi connectivity index (χ3v) is 2.28. The minimum atomic E-state index is -0.178. The Morgan fingerprint density at radius 3 is 2.64 bits per heavy atom. The first kappa shape index (κ1) is 13.8. The number of esters is 1. The van der Waals surface area contributed by atoms with Gasteiger partial charge >= 0.3 is 5.97 Å². The standard InChI is InChI=1S/C11H21ClO2/c1-3-4-5-6-7-10(2)14-11(13)8-9-12/h10H,3-9H2,1-2H3. The molecule has 0 fully saturated rings. The molecule has 14 heavy (non-hydrogen) atoms. The van der Waals surface area contributed by atoms with Gasteiger partial charge in [-0.2, -0.15) is 0 Å². The molecule has 0 heterocycles. The molecule has 0 amide bonds. The van der Waals surface area contributed by atoms with E-state index in [2.05, 4.69) is 6.92 Å². The molecular formula is C11H21ClO2. The molecule has 0 N–H and O–H groups in total. The summed E-state index contributed by atoms with van der Waals surface area (Å²) in [6.07, 6.45) is 6.21. The van der Waals surface area contributed by atoms with Crippen LogP contribution in [-0.4, -0.2) is 18.0 Å². The molecule has 84 valence electrons. The van der Waals surface area contributed by atoms with Crippen molar-refractivity contribution in [2.24, 2.45) is 0 Å². The maximum atomic E-state index is 11.0. The number of hydrogen-bond donors (Lipinski definition) is 0. The van der Waals surface area contributed by atoms with E-state index in [9.17, 15) is 4.79 Å². The Kier molecular flexibility index (Phi) is 9.16. The summed E-state index contributed by atoms with van der Waals surface area (Å²) in [7, 11) is 0. The Balaban J connectivity index is 3.35. The summed E-state index contributed by atoms with van der Waals surface area (Å²) >= 11 is 5.42. The van der Waals surface area contributed by atoms with Crippen LogP contribution in [0, 0.1) is 0 Å². The van der Waals surface area contributed by atoms with E-state index in [4.69, 9.17) is 16.3 Å². The van der Waals surface area contributed by atoms with Crippen LogP contribution in [0.1, 0.15) is 52.4 Å². The lowest BCUT2D eigenvalue weighted by atomic mass is 10.1. The SMILES string of the molecule is CCCCCCC(C)OC(=O)CCCl. The van der Waals surface area contributed by atoms with Gasteiger partial charge in [0.1, 0.15) is 0 Å². The highest BCUT2D eigenvalue weighted by atomic mass is 35.5. The first-order valence-electron chi connectivity index (χ1n) is 5.46. The zero-order chi connectivity index (χ0) is 10.8. The van der Waals surface area contributed by atoms with Crippen LogP contribution in [0.15, 0.2) is 0 Å².